The van der Waals surface area contributed by atoms with Crippen LogP contribution in [0.5, 0.6) is 11.6 Å². The highest BCUT2D eigenvalue weighted by molar-refractivity contribution is 7.90. The van der Waals surface area contributed by atoms with Gasteiger partial charge in [-0.15, -0.1) is 0 Å². The number of hydrogen-bond acceptors (Lipinski definition) is 13. The highest BCUT2D eigenvalue weighted by atomic mass is 35.5. The summed E-state index contributed by atoms with van der Waals surface area (Å²) in [4.78, 5) is 40.1. The Bertz CT molecular complexity index is 2720. The maximum Gasteiger partial charge on any atom is 0.293 e. The molecule has 5 aromatic rings. The number of nitro benzene ring substituents is 1. The predicted molar refractivity (Wildman–Crippen MR) is 254 cm³/mol. The molecule has 3 aromatic carbocycles. The number of pyridine rings is 1. The minimum atomic E-state index is -4.58. The molecule has 0 unspecified atom stereocenters. The molecule has 3 fully saturated rings. The van der Waals surface area contributed by atoms with E-state index < -0.39 is 31.4 Å². The molecule has 4 aliphatic rings. The summed E-state index contributed by atoms with van der Waals surface area (Å²) in [7, 11) is -4.58. The number of aromatic amines is 1. The summed E-state index contributed by atoms with van der Waals surface area (Å²) in [6.45, 7) is 11.7. The van der Waals surface area contributed by atoms with Crippen LogP contribution in [0.25, 0.3) is 16.6 Å². The number of H-pyrrole nitrogens is 1. The SMILES string of the molecule is CC1(C)CC(c2ccc(Cl)cc2)=C(CN2CCN(c3ccc(C(=O)NS(=O)(=O)c4ccc(N[C@H]5CC[C@@H](N6CCOCC6)CC5)c([N+](=O)[O-])c4)c(Oc4ccc5[nH]ccc5n4)c3)CC2)CO1. The molecule has 0 spiro atoms. The first-order chi connectivity index (χ1) is 31.8. The molecule has 2 saturated heterocycles. The van der Waals surface area contributed by atoms with Gasteiger partial charge in [0.15, 0.2) is 0 Å². The van der Waals surface area contributed by atoms with Crippen LogP contribution in [0.4, 0.5) is 17.1 Å². The zero-order chi connectivity index (χ0) is 46.0. The third-order valence-corrected chi connectivity index (χ3v) is 14.7. The number of nitro groups is 1. The van der Waals surface area contributed by atoms with Crippen molar-refractivity contribution in [2.45, 2.75) is 68.5 Å². The van der Waals surface area contributed by atoms with Crippen LogP contribution in [0.2, 0.25) is 5.02 Å². The third-order valence-electron chi connectivity index (χ3n) is 13.1. The molecular weight excluding hydrogens is 884 g/mol. The van der Waals surface area contributed by atoms with E-state index in [-0.39, 0.29) is 34.5 Å². The molecule has 16 nitrogen and oxygen atoms in total. The number of aromatic nitrogens is 2. The molecule has 0 radical (unpaired) electrons. The number of piperazine rings is 1. The fourth-order valence-electron chi connectivity index (χ4n) is 9.50. The number of fused-ring (bicyclic) bond motifs is 1. The lowest BCUT2D eigenvalue weighted by molar-refractivity contribution is -0.384. The molecule has 1 saturated carbocycles. The van der Waals surface area contributed by atoms with E-state index in [0.29, 0.717) is 36.3 Å². The Morgan fingerprint density at radius 1 is 0.955 bits per heavy atom. The molecule has 0 bridgehead atoms. The molecule has 66 heavy (non-hydrogen) atoms. The second-order valence-electron chi connectivity index (χ2n) is 18.1. The smallest absolute Gasteiger partial charge is 0.293 e. The number of sulfonamides is 1. The monoisotopic (exact) mass is 938 g/mol. The van der Waals surface area contributed by atoms with Crippen molar-refractivity contribution in [2.24, 2.45) is 0 Å². The summed E-state index contributed by atoms with van der Waals surface area (Å²) in [5.74, 6) is -0.663. The Hall–Kier alpha value is -5.56. The average molecular weight is 940 g/mol. The number of anilines is 2. The number of carbonyl (C=O) groups is 1. The standard InChI is InChI=1S/C48H55ClN8O8S/c1-48(2)29-40(32-3-5-34(49)6-4-32)33(31-64-48)30-54-19-21-55(22-20-54)37-11-13-39(45(27-37)65-46-16-15-41-42(52-46)17-18-50-41)47(58)53-66(61,62)38-12-14-43(44(28-38)57(59)60)51-35-7-9-36(10-8-35)56-23-25-63-26-24-56/h3-6,11-18,27-28,35-36,50-51H,7-10,19-26,29-31H2,1-2H3,(H,53,58)/t35-,36+. The first-order valence-electron chi connectivity index (χ1n) is 22.5. The van der Waals surface area contributed by atoms with E-state index >= 15 is 0 Å². The summed E-state index contributed by atoms with van der Waals surface area (Å²) in [6, 6.07) is 22.4. The van der Waals surface area contributed by atoms with Gasteiger partial charge in [0.1, 0.15) is 11.4 Å². The Morgan fingerprint density at radius 3 is 2.45 bits per heavy atom. The van der Waals surface area contributed by atoms with Crippen LogP contribution in [0.3, 0.4) is 0 Å². The first kappa shape index (κ1) is 45.6. The third kappa shape index (κ3) is 10.5. The number of benzene rings is 3. The fourth-order valence-corrected chi connectivity index (χ4v) is 10.6. The van der Waals surface area contributed by atoms with Gasteiger partial charge in [-0.05, 0) is 105 Å². The van der Waals surface area contributed by atoms with Gasteiger partial charge in [0.25, 0.3) is 21.6 Å². The Morgan fingerprint density at radius 2 is 1.71 bits per heavy atom. The number of hydrogen-bond donors (Lipinski definition) is 3. The zero-order valence-electron chi connectivity index (χ0n) is 37.1. The lowest BCUT2D eigenvalue weighted by atomic mass is 9.87. The van der Waals surface area contributed by atoms with E-state index in [2.05, 4.69) is 60.7 Å². The number of rotatable bonds is 13. The molecular formula is C48H55ClN8O8S. The van der Waals surface area contributed by atoms with Gasteiger partial charge in [-0.25, -0.2) is 18.1 Å². The minimum absolute atomic E-state index is 0.00281. The van der Waals surface area contributed by atoms with E-state index in [1.807, 2.05) is 12.1 Å². The highest BCUT2D eigenvalue weighted by Crippen LogP contribution is 2.37. The Balaban J connectivity index is 0.904. The van der Waals surface area contributed by atoms with E-state index in [4.69, 9.17) is 25.8 Å². The van der Waals surface area contributed by atoms with Gasteiger partial charge in [0.05, 0.1) is 51.8 Å². The van der Waals surface area contributed by atoms with Crippen molar-refractivity contribution in [1.29, 1.82) is 0 Å². The molecule has 1 amide bonds. The Kier molecular flexibility index (Phi) is 13.4. The van der Waals surface area contributed by atoms with E-state index in [1.165, 1.54) is 29.3 Å². The molecule has 348 valence electrons. The second-order valence-corrected chi connectivity index (χ2v) is 20.2. The summed E-state index contributed by atoms with van der Waals surface area (Å²) >= 11 is 6.23. The second kappa shape index (κ2) is 19.3. The zero-order valence-corrected chi connectivity index (χ0v) is 38.7. The highest BCUT2D eigenvalue weighted by Gasteiger charge is 2.32. The van der Waals surface area contributed by atoms with Gasteiger partial charge in [-0.3, -0.25) is 24.7 Å². The van der Waals surface area contributed by atoms with E-state index in [9.17, 15) is 23.3 Å². The van der Waals surface area contributed by atoms with Crippen LogP contribution in [-0.2, 0) is 19.5 Å². The van der Waals surface area contributed by atoms with Gasteiger partial charge < -0.3 is 29.4 Å². The molecule has 0 atom stereocenters. The van der Waals surface area contributed by atoms with Crippen LogP contribution in [-0.4, -0.2) is 122 Å². The van der Waals surface area contributed by atoms with Crippen LogP contribution in [0, 0.1) is 10.1 Å². The maximum absolute atomic E-state index is 14.0. The summed E-state index contributed by atoms with van der Waals surface area (Å²) in [6.07, 6.45) is 6.09. The van der Waals surface area contributed by atoms with Gasteiger partial charge in [-0.2, -0.15) is 0 Å². The number of morpholine rings is 1. The molecule has 3 N–H and O–H groups in total. The lowest BCUT2D eigenvalue weighted by Crippen LogP contribution is -2.47. The summed E-state index contributed by atoms with van der Waals surface area (Å²) < 4.78 is 47.8. The van der Waals surface area contributed by atoms with Crippen molar-refractivity contribution in [2.75, 3.05) is 75.9 Å². The average Bonchev–Trinajstić information content (AvgIpc) is 3.79. The van der Waals surface area contributed by atoms with Crippen molar-refractivity contribution >= 4 is 61.2 Å². The molecule has 5 heterocycles. The normalized spacial score (nSPS) is 20.9. The van der Waals surface area contributed by atoms with Crippen LogP contribution in [0.15, 0.2) is 95.5 Å². The van der Waals surface area contributed by atoms with Crippen LogP contribution < -0.4 is 19.7 Å². The summed E-state index contributed by atoms with van der Waals surface area (Å²) in [5, 5.41) is 16.3. The number of ether oxygens (including phenoxy) is 3. The van der Waals surface area contributed by atoms with Crippen molar-refractivity contribution in [3.63, 3.8) is 0 Å². The van der Waals surface area contributed by atoms with E-state index in [0.717, 1.165) is 101 Å². The Labute approximate surface area is 389 Å². The van der Waals surface area contributed by atoms with Crippen molar-refractivity contribution in [1.82, 2.24) is 24.5 Å². The predicted octanol–water partition coefficient (Wildman–Crippen LogP) is 7.87. The quantitative estimate of drug-likeness (QED) is 0.0767. The van der Waals surface area contributed by atoms with Crippen molar-refractivity contribution < 1.29 is 32.3 Å². The number of carbonyl (C=O) groups excluding carboxylic acids is 1. The molecule has 1 aliphatic carbocycles. The molecule has 2 aromatic heterocycles. The largest absolute Gasteiger partial charge is 0.438 e. The maximum atomic E-state index is 14.0. The first-order valence-corrected chi connectivity index (χ1v) is 24.4. The van der Waals surface area contributed by atoms with Crippen molar-refractivity contribution in [3.8, 4) is 11.6 Å². The van der Waals surface area contributed by atoms with Crippen molar-refractivity contribution in [3.05, 3.63) is 117 Å². The van der Waals surface area contributed by atoms with Gasteiger partial charge >= 0.3 is 0 Å². The van der Waals surface area contributed by atoms with Crippen LogP contribution >= 0.6 is 11.6 Å². The van der Waals surface area contributed by atoms with Gasteiger partial charge in [0.2, 0.25) is 5.88 Å². The number of nitrogens with one attached hydrogen (secondary N) is 3. The topological polar surface area (TPSA) is 184 Å². The molecule has 9 rings (SSSR count). The lowest BCUT2D eigenvalue weighted by Gasteiger charge is -2.39. The van der Waals surface area contributed by atoms with Gasteiger partial charge in [0, 0.05) is 99.4 Å². The number of nitrogens with zero attached hydrogens (tertiary/aromatic N) is 5. The molecule has 3 aliphatic heterocycles. The summed E-state index contributed by atoms with van der Waals surface area (Å²) in [5.41, 5.74) is 5.41. The van der Waals surface area contributed by atoms with Crippen LogP contribution in [0.1, 0.15) is 61.9 Å². The minimum Gasteiger partial charge on any atom is -0.438 e. The van der Waals surface area contributed by atoms with Gasteiger partial charge in [-0.1, -0.05) is 23.7 Å². The number of halogens is 1. The van der Waals surface area contributed by atoms with E-state index in [1.54, 1.807) is 36.5 Å². The fraction of sp³-hybridized carbons (Fsp3) is 0.417. The molecule has 18 heteroatoms. The number of amides is 1.